The summed E-state index contributed by atoms with van der Waals surface area (Å²) in [4.78, 5) is 3.89. The molecule has 1 heterocycles. The molecule has 2 aromatic rings. The van der Waals surface area contributed by atoms with Crippen LogP contribution in [0.15, 0.2) is 36.7 Å². The van der Waals surface area contributed by atoms with E-state index >= 15 is 0 Å². The van der Waals surface area contributed by atoms with E-state index in [4.69, 9.17) is 10.5 Å². The summed E-state index contributed by atoms with van der Waals surface area (Å²) in [6.45, 7) is 0.283. The van der Waals surface area contributed by atoms with Gasteiger partial charge in [0.2, 0.25) is 0 Å². The topological polar surface area (TPSA) is 48.1 Å². The summed E-state index contributed by atoms with van der Waals surface area (Å²) in [5, 5.41) is 0. The average molecular weight is 264 g/mol. The van der Waals surface area contributed by atoms with Crippen LogP contribution in [0.4, 0.5) is 8.78 Å². The van der Waals surface area contributed by atoms with Gasteiger partial charge >= 0.3 is 0 Å². The van der Waals surface area contributed by atoms with Crippen molar-refractivity contribution in [1.82, 2.24) is 4.98 Å². The van der Waals surface area contributed by atoms with Crippen LogP contribution in [-0.2, 0) is 13.0 Å². The Balaban J connectivity index is 2.00. The molecule has 0 aliphatic carbocycles. The molecule has 0 bridgehead atoms. The molecule has 0 unspecified atom stereocenters. The molecule has 3 nitrogen and oxygen atoms in total. The largest absolute Gasteiger partial charge is 0.487 e. The summed E-state index contributed by atoms with van der Waals surface area (Å²) in [7, 11) is 0. The van der Waals surface area contributed by atoms with Crippen molar-refractivity contribution in [3.05, 3.63) is 59.4 Å². The van der Waals surface area contributed by atoms with E-state index in [-0.39, 0.29) is 18.9 Å². The van der Waals surface area contributed by atoms with Gasteiger partial charge in [0.05, 0.1) is 6.61 Å². The van der Waals surface area contributed by atoms with Crippen molar-refractivity contribution in [1.29, 1.82) is 0 Å². The molecule has 2 N–H and O–H groups in total. The molecule has 1 aromatic heterocycles. The average Bonchev–Trinajstić information content (AvgIpc) is 2.42. The van der Waals surface area contributed by atoms with Crippen LogP contribution in [0.2, 0.25) is 0 Å². The lowest BCUT2D eigenvalue weighted by Crippen LogP contribution is -2.06. The van der Waals surface area contributed by atoms with Crippen molar-refractivity contribution in [3.63, 3.8) is 0 Å². The van der Waals surface area contributed by atoms with Crippen molar-refractivity contribution in [2.75, 3.05) is 6.61 Å². The van der Waals surface area contributed by atoms with E-state index in [1.807, 2.05) is 12.1 Å². The van der Waals surface area contributed by atoms with Gasteiger partial charge in [0.25, 0.3) is 0 Å². The fraction of sp³-hybridized carbons (Fsp3) is 0.214. The Morgan fingerprint density at radius 2 is 1.68 bits per heavy atom. The number of halogens is 2. The molecule has 2 rings (SSSR count). The summed E-state index contributed by atoms with van der Waals surface area (Å²) >= 11 is 0. The highest BCUT2D eigenvalue weighted by Gasteiger charge is 2.12. The lowest BCUT2D eigenvalue weighted by molar-refractivity contribution is 0.288. The molecule has 19 heavy (non-hydrogen) atoms. The predicted molar refractivity (Wildman–Crippen MR) is 67.7 cm³/mol. The molecule has 0 amide bonds. The van der Waals surface area contributed by atoms with Crippen molar-refractivity contribution >= 4 is 0 Å². The van der Waals surface area contributed by atoms with Gasteiger partial charge in [-0.2, -0.15) is 0 Å². The Bertz CT molecular complexity index is 523. The molecule has 0 radical (unpaired) electrons. The zero-order chi connectivity index (χ0) is 13.7. The SMILES string of the molecule is NCc1cc(F)c(OCCc2ccncc2)c(F)c1. The zero-order valence-electron chi connectivity index (χ0n) is 10.3. The highest BCUT2D eigenvalue weighted by molar-refractivity contribution is 5.31. The maximum absolute atomic E-state index is 13.6. The summed E-state index contributed by atoms with van der Waals surface area (Å²) in [6.07, 6.45) is 3.87. The number of rotatable bonds is 5. The standard InChI is InChI=1S/C14H14F2N2O/c15-12-7-11(9-17)8-13(16)14(12)19-6-3-10-1-4-18-5-2-10/h1-2,4-5,7-8H,3,6,9,17H2. The first kappa shape index (κ1) is 13.4. The molecular formula is C14H14F2N2O. The smallest absolute Gasteiger partial charge is 0.190 e. The monoisotopic (exact) mass is 264 g/mol. The fourth-order valence-electron chi connectivity index (χ4n) is 1.69. The first-order chi connectivity index (χ1) is 9.20. The molecule has 0 aliphatic heterocycles. The number of ether oxygens (including phenoxy) is 1. The van der Waals surface area contributed by atoms with Gasteiger partial charge in [-0.3, -0.25) is 4.98 Å². The van der Waals surface area contributed by atoms with E-state index in [1.165, 1.54) is 12.1 Å². The van der Waals surface area contributed by atoms with Gasteiger partial charge in [0.15, 0.2) is 17.4 Å². The van der Waals surface area contributed by atoms with Gasteiger partial charge in [0.1, 0.15) is 0 Å². The minimum absolute atomic E-state index is 0.0884. The molecule has 0 aliphatic rings. The summed E-state index contributed by atoms with van der Waals surface area (Å²) < 4.78 is 32.3. The molecule has 0 spiro atoms. The first-order valence-electron chi connectivity index (χ1n) is 5.90. The molecule has 0 saturated carbocycles. The number of nitrogens with two attached hydrogens (primary N) is 1. The number of aromatic nitrogens is 1. The lowest BCUT2D eigenvalue weighted by Gasteiger charge is -2.09. The Morgan fingerprint density at radius 1 is 1.05 bits per heavy atom. The molecule has 1 aromatic carbocycles. The van der Waals surface area contributed by atoms with Gasteiger partial charge in [-0.05, 0) is 35.4 Å². The maximum Gasteiger partial charge on any atom is 0.190 e. The van der Waals surface area contributed by atoms with Gasteiger partial charge in [-0.1, -0.05) is 0 Å². The zero-order valence-corrected chi connectivity index (χ0v) is 10.3. The normalized spacial score (nSPS) is 10.5. The van der Waals surface area contributed by atoms with Crippen LogP contribution in [0.1, 0.15) is 11.1 Å². The summed E-state index contributed by atoms with van der Waals surface area (Å²) in [5.41, 5.74) is 6.73. The van der Waals surface area contributed by atoms with Gasteiger partial charge in [-0.25, -0.2) is 8.78 Å². The van der Waals surface area contributed by atoms with E-state index in [9.17, 15) is 8.78 Å². The minimum Gasteiger partial charge on any atom is -0.487 e. The maximum atomic E-state index is 13.6. The first-order valence-corrected chi connectivity index (χ1v) is 5.90. The van der Waals surface area contributed by atoms with E-state index in [0.29, 0.717) is 12.0 Å². The number of pyridine rings is 1. The van der Waals surface area contributed by atoms with E-state index in [0.717, 1.165) is 5.56 Å². The van der Waals surface area contributed by atoms with E-state index < -0.39 is 11.6 Å². The van der Waals surface area contributed by atoms with Crippen LogP contribution in [-0.4, -0.2) is 11.6 Å². The molecular weight excluding hydrogens is 250 g/mol. The van der Waals surface area contributed by atoms with Crippen LogP contribution >= 0.6 is 0 Å². The van der Waals surface area contributed by atoms with Crippen LogP contribution in [0.25, 0.3) is 0 Å². The van der Waals surface area contributed by atoms with Gasteiger partial charge in [-0.15, -0.1) is 0 Å². The highest BCUT2D eigenvalue weighted by atomic mass is 19.1. The molecule has 5 heteroatoms. The van der Waals surface area contributed by atoms with Crippen LogP contribution in [0.3, 0.4) is 0 Å². The lowest BCUT2D eigenvalue weighted by atomic mass is 10.2. The Hall–Kier alpha value is -2.01. The van der Waals surface area contributed by atoms with Gasteiger partial charge in [0, 0.05) is 25.4 Å². The van der Waals surface area contributed by atoms with Gasteiger partial charge < -0.3 is 10.5 Å². The van der Waals surface area contributed by atoms with Crippen LogP contribution in [0, 0.1) is 11.6 Å². The quantitative estimate of drug-likeness (QED) is 0.902. The molecule has 0 saturated heterocycles. The van der Waals surface area contributed by atoms with Crippen molar-refractivity contribution in [2.24, 2.45) is 5.73 Å². The second kappa shape index (κ2) is 6.24. The van der Waals surface area contributed by atoms with Crippen molar-refractivity contribution in [3.8, 4) is 5.75 Å². The Labute approximate surface area is 110 Å². The number of hydrogen-bond acceptors (Lipinski definition) is 3. The molecule has 0 atom stereocenters. The second-order valence-corrected chi connectivity index (χ2v) is 4.05. The fourth-order valence-corrected chi connectivity index (χ4v) is 1.69. The van der Waals surface area contributed by atoms with Crippen molar-refractivity contribution < 1.29 is 13.5 Å². The van der Waals surface area contributed by atoms with E-state index in [2.05, 4.69) is 4.98 Å². The Kier molecular flexibility index (Phi) is 4.41. The number of nitrogens with zero attached hydrogens (tertiary/aromatic N) is 1. The van der Waals surface area contributed by atoms with Crippen LogP contribution < -0.4 is 10.5 Å². The number of benzene rings is 1. The third-order valence-corrected chi connectivity index (χ3v) is 2.68. The van der Waals surface area contributed by atoms with Crippen molar-refractivity contribution in [2.45, 2.75) is 13.0 Å². The highest BCUT2D eigenvalue weighted by Crippen LogP contribution is 2.23. The van der Waals surface area contributed by atoms with Crippen LogP contribution in [0.5, 0.6) is 5.75 Å². The second-order valence-electron chi connectivity index (χ2n) is 4.05. The molecule has 0 fully saturated rings. The molecule has 100 valence electrons. The summed E-state index contributed by atoms with van der Waals surface area (Å²) in [6, 6.07) is 6.02. The third-order valence-electron chi connectivity index (χ3n) is 2.68. The number of hydrogen-bond donors (Lipinski definition) is 1. The third kappa shape index (κ3) is 3.48. The Morgan fingerprint density at radius 3 is 2.26 bits per heavy atom. The summed E-state index contributed by atoms with van der Waals surface area (Å²) in [5.74, 6) is -1.81. The van der Waals surface area contributed by atoms with E-state index in [1.54, 1.807) is 12.4 Å². The minimum atomic E-state index is -0.727. The predicted octanol–water partition coefficient (Wildman–Crippen LogP) is 2.44.